The van der Waals surface area contributed by atoms with Gasteiger partial charge in [-0.1, -0.05) is 20.8 Å². The minimum atomic E-state index is 0.190. The van der Waals surface area contributed by atoms with E-state index in [0.29, 0.717) is 0 Å². The topological polar surface area (TPSA) is 12.9 Å². The largest absolute Gasteiger partial charge is 0.234 e. The van der Waals surface area contributed by atoms with Crippen LogP contribution in [-0.4, -0.2) is 4.98 Å². The van der Waals surface area contributed by atoms with Crippen molar-refractivity contribution in [2.24, 2.45) is 0 Å². The lowest BCUT2D eigenvalue weighted by Gasteiger charge is -2.23. The lowest BCUT2D eigenvalue weighted by molar-refractivity contribution is 0.580. The Morgan fingerprint density at radius 1 is 0.857 bits per heavy atom. The van der Waals surface area contributed by atoms with Gasteiger partial charge in [0.25, 0.3) is 0 Å². The molecular formula is C9H9I4N. The zero-order valence-electron chi connectivity index (χ0n) is 7.96. The van der Waals surface area contributed by atoms with E-state index < -0.39 is 0 Å². The zero-order chi connectivity index (χ0) is 11.1. The van der Waals surface area contributed by atoms with E-state index in [-0.39, 0.29) is 5.41 Å². The van der Waals surface area contributed by atoms with E-state index in [2.05, 4.69) is 116 Å². The summed E-state index contributed by atoms with van der Waals surface area (Å²) in [5.41, 5.74) is 1.61. The van der Waals surface area contributed by atoms with Crippen LogP contribution in [0.15, 0.2) is 0 Å². The number of nitrogens with zero attached hydrogens (tertiary/aromatic N) is 1. The average Bonchev–Trinajstić information content (AvgIpc) is 1.98. The summed E-state index contributed by atoms with van der Waals surface area (Å²) >= 11 is 9.40. The van der Waals surface area contributed by atoms with Crippen molar-refractivity contribution in [3.63, 3.8) is 0 Å². The summed E-state index contributed by atoms with van der Waals surface area (Å²) in [5, 5.41) is 0. The van der Waals surface area contributed by atoms with Crippen LogP contribution in [0.5, 0.6) is 0 Å². The molecule has 0 bridgehead atoms. The highest BCUT2D eigenvalue weighted by Gasteiger charge is 2.24. The maximum Gasteiger partial charge on any atom is 0.116 e. The van der Waals surface area contributed by atoms with E-state index in [1.807, 2.05) is 0 Å². The summed E-state index contributed by atoms with van der Waals surface area (Å²) in [7, 11) is 0. The van der Waals surface area contributed by atoms with Gasteiger partial charge in [-0.05, 0) is 101 Å². The van der Waals surface area contributed by atoms with Gasteiger partial charge < -0.3 is 0 Å². The SMILES string of the molecule is CC(C)(C)c1c(I)c(I)nc(I)c1I. The second-order valence-electron chi connectivity index (χ2n) is 3.95. The lowest BCUT2D eigenvalue weighted by atomic mass is 9.88. The van der Waals surface area contributed by atoms with E-state index >= 15 is 0 Å². The number of halogens is 4. The molecule has 1 aromatic rings. The van der Waals surface area contributed by atoms with Gasteiger partial charge in [0.2, 0.25) is 0 Å². The normalized spacial score (nSPS) is 11.9. The van der Waals surface area contributed by atoms with Crippen LogP contribution < -0.4 is 0 Å². The summed E-state index contributed by atoms with van der Waals surface area (Å²) in [4.78, 5) is 4.51. The molecule has 0 unspecified atom stereocenters. The monoisotopic (exact) mass is 639 g/mol. The fourth-order valence-electron chi connectivity index (χ4n) is 1.15. The summed E-state index contributed by atoms with van der Waals surface area (Å²) in [6, 6.07) is 0. The van der Waals surface area contributed by atoms with Crippen LogP contribution in [-0.2, 0) is 5.41 Å². The van der Waals surface area contributed by atoms with Crippen LogP contribution in [0.25, 0.3) is 0 Å². The van der Waals surface area contributed by atoms with Crippen LogP contribution >= 0.6 is 90.4 Å². The minimum Gasteiger partial charge on any atom is -0.234 e. The molecule has 1 rings (SSSR count). The molecule has 0 amide bonds. The van der Waals surface area contributed by atoms with Crippen molar-refractivity contribution in [2.45, 2.75) is 26.2 Å². The van der Waals surface area contributed by atoms with Gasteiger partial charge in [-0.3, -0.25) is 0 Å². The summed E-state index contributed by atoms with van der Waals surface area (Å²) in [6.45, 7) is 6.75. The van der Waals surface area contributed by atoms with Gasteiger partial charge in [0.1, 0.15) is 7.40 Å². The van der Waals surface area contributed by atoms with Gasteiger partial charge in [-0.15, -0.1) is 0 Å². The molecule has 0 radical (unpaired) electrons. The minimum absolute atomic E-state index is 0.190. The Bertz CT molecular complexity index is 342. The molecule has 0 fully saturated rings. The van der Waals surface area contributed by atoms with E-state index in [4.69, 9.17) is 0 Å². The molecule has 0 atom stereocenters. The van der Waals surface area contributed by atoms with E-state index in [9.17, 15) is 0 Å². The molecule has 1 aromatic heterocycles. The number of hydrogen-bond acceptors (Lipinski definition) is 1. The van der Waals surface area contributed by atoms with Crippen LogP contribution in [0, 0.1) is 14.5 Å². The molecule has 0 aliphatic heterocycles. The number of hydrogen-bond donors (Lipinski definition) is 0. The highest BCUT2D eigenvalue weighted by molar-refractivity contribution is 14.1. The Morgan fingerprint density at radius 2 is 1.21 bits per heavy atom. The highest BCUT2D eigenvalue weighted by atomic mass is 127. The third-order valence-electron chi connectivity index (χ3n) is 1.75. The first kappa shape index (κ1) is 14.1. The fraction of sp³-hybridized carbons (Fsp3) is 0.444. The Morgan fingerprint density at radius 3 is 1.50 bits per heavy atom. The Balaban J connectivity index is 3.56. The third kappa shape index (κ3) is 3.05. The van der Waals surface area contributed by atoms with Crippen LogP contribution in [0.1, 0.15) is 26.3 Å². The first-order valence-corrected chi connectivity index (χ1v) is 8.27. The zero-order valence-corrected chi connectivity index (χ0v) is 16.6. The molecule has 78 valence electrons. The van der Waals surface area contributed by atoms with Crippen molar-refractivity contribution in [1.82, 2.24) is 4.98 Å². The molecule has 1 nitrogen and oxygen atoms in total. The number of rotatable bonds is 0. The lowest BCUT2D eigenvalue weighted by Crippen LogP contribution is -2.18. The number of aromatic nitrogens is 1. The maximum atomic E-state index is 4.51. The van der Waals surface area contributed by atoms with Crippen LogP contribution in [0.4, 0.5) is 0 Å². The van der Waals surface area contributed by atoms with Crippen molar-refractivity contribution in [3.05, 3.63) is 20.1 Å². The second-order valence-corrected chi connectivity index (χ2v) is 8.15. The Hall–Kier alpha value is 2.07. The molecule has 0 spiro atoms. The van der Waals surface area contributed by atoms with Crippen molar-refractivity contribution in [2.75, 3.05) is 0 Å². The molecule has 0 N–H and O–H groups in total. The molecule has 0 aliphatic carbocycles. The highest BCUT2D eigenvalue weighted by Crippen LogP contribution is 2.34. The fourth-order valence-corrected chi connectivity index (χ4v) is 5.54. The molecule has 0 saturated carbocycles. The summed E-state index contributed by atoms with van der Waals surface area (Å²) < 4.78 is 4.80. The standard InChI is InChI=1S/C9H9I4N/c1-9(2,3)4-5(10)7(12)14-8(13)6(4)11/h1-3H3. The van der Waals surface area contributed by atoms with Gasteiger partial charge in [-0.25, -0.2) is 4.98 Å². The first-order valence-electron chi connectivity index (χ1n) is 3.95. The molecule has 0 aromatic carbocycles. The van der Waals surface area contributed by atoms with Crippen LogP contribution in [0.2, 0.25) is 0 Å². The van der Waals surface area contributed by atoms with Gasteiger partial charge >= 0.3 is 0 Å². The van der Waals surface area contributed by atoms with Crippen molar-refractivity contribution < 1.29 is 0 Å². The maximum absolute atomic E-state index is 4.51. The van der Waals surface area contributed by atoms with E-state index in [1.165, 1.54) is 12.7 Å². The molecular weight excluding hydrogens is 630 g/mol. The summed E-state index contributed by atoms with van der Waals surface area (Å²) in [5.74, 6) is 0. The average molecular weight is 639 g/mol. The predicted molar refractivity (Wildman–Crippen MR) is 93.8 cm³/mol. The third-order valence-corrected chi connectivity index (χ3v) is 7.47. The molecule has 0 aliphatic rings. The molecule has 5 heteroatoms. The smallest absolute Gasteiger partial charge is 0.116 e. The van der Waals surface area contributed by atoms with Gasteiger partial charge in [0.05, 0.1) is 0 Å². The van der Waals surface area contributed by atoms with Crippen molar-refractivity contribution in [3.8, 4) is 0 Å². The number of pyridine rings is 1. The quantitative estimate of drug-likeness (QED) is 0.294. The van der Waals surface area contributed by atoms with Gasteiger partial charge in [0.15, 0.2) is 0 Å². The van der Waals surface area contributed by atoms with E-state index in [0.717, 1.165) is 7.40 Å². The first-order chi connectivity index (χ1) is 6.25. The van der Waals surface area contributed by atoms with Crippen LogP contribution in [0.3, 0.4) is 0 Å². The molecule has 0 saturated heterocycles. The molecule has 1 heterocycles. The predicted octanol–water partition coefficient (Wildman–Crippen LogP) is 4.80. The molecule has 14 heavy (non-hydrogen) atoms. The Labute approximate surface area is 139 Å². The van der Waals surface area contributed by atoms with Gasteiger partial charge in [0, 0.05) is 7.14 Å². The van der Waals surface area contributed by atoms with Crippen molar-refractivity contribution >= 4 is 90.4 Å². The summed E-state index contributed by atoms with van der Waals surface area (Å²) in [6.07, 6.45) is 0. The van der Waals surface area contributed by atoms with E-state index in [1.54, 1.807) is 0 Å². The van der Waals surface area contributed by atoms with Gasteiger partial charge in [-0.2, -0.15) is 0 Å². The van der Waals surface area contributed by atoms with Crippen molar-refractivity contribution in [1.29, 1.82) is 0 Å². The Kier molecular flexibility index (Phi) is 5.20. The second kappa shape index (κ2) is 5.15.